The van der Waals surface area contributed by atoms with E-state index in [0.717, 1.165) is 22.5 Å². The lowest BCUT2D eigenvalue weighted by atomic mass is 10.1. The molecule has 0 amide bonds. The zero-order valence-electron chi connectivity index (χ0n) is 12.7. The molecule has 3 nitrogen and oxygen atoms in total. The Balaban J connectivity index is 2.19. The van der Waals surface area contributed by atoms with Crippen LogP contribution < -0.4 is 0 Å². The van der Waals surface area contributed by atoms with E-state index in [1.165, 1.54) is 0 Å². The zero-order valence-corrected chi connectivity index (χ0v) is 12.7. The Morgan fingerprint density at radius 2 is 1.18 bits per heavy atom. The van der Waals surface area contributed by atoms with Gasteiger partial charge in [-0.3, -0.25) is 0 Å². The van der Waals surface area contributed by atoms with Gasteiger partial charge in [-0.25, -0.2) is 15.0 Å². The summed E-state index contributed by atoms with van der Waals surface area (Å²) in [5, 5.41) is 0. The van der Waals surface area contributed by atoms with Crippen molar-refractivity contribution < 1.29 is 0 Å². The van der Waals surface area contributed by atoms with E-state index < -0.39 is 0 Å². The summed E-state index contributed by atoms with van der Waals surface area (Å²) >= 11 is 0. The third-order valence-corrected chi connectivity index (χ3v) is 3.49. The molecule has 2 aromatic carbocycles. The number of nitrogens with zero attached hydrogens (tertiary/aromatic N) is 3. The molecule has 22 heavy (non-hydrogen) atoms. The number of benzene rings is 2. The molecular weight excluding hydrogens is 270 g/mol. The lowest BCUT2D eigenvalue weighted by Gasteiger charge is -2.08. The van der Waals surface area contributed by atoms with Gasteiger partial charge in [0.1, 0.15) is 0 Å². The fourth-order valence-electron chi connectivity index (χ4n) is 2.11. The molecule has 3 aromatic rings. The fourth-order valence-corrected chi connectivity index (χ4v) is 2.11. The van der Waals surface area contributed by atoms with Crippen molar-refractivity contribution in [2.75, 3.05) is 0 Å². The lowest BCUT2D eigenvalue weighted by molar-refractivity contribution is 1.03. The molecule has 0 aliphatic heterocycles. The average molecular weight is 287 g/mol. The number of hydrogen-bond acceptors (Lipinski definition) is 3. The van der Waals surface area contributed by atoms with Gasteiger partial charge >= 0.3 is 0 Å². The molecule has 1 aromatic heterocycles. The molecule has 0 aliphatic rings. The van der Waals surface area contributed by atoms with Crippen molar-refractivity contribution in [1.82, 2.24) is 15.0 Å². The van der Waals surface area contributed by atoms with Crippen LogP contribution in [-0.2, 0) is 0 Å². The van der Waals surface area contributed by atoms with Crippen LogP contribution in [0.15, 0.2) is 66.7 Å². The Morgan fingerprint density at radius 1 is 0.727 bits per heavy atom. The van der Waals surface area contributed by atoms with Crippen LogP contribution in [0.4, 0.5) is 0 Å². The minimum absolute atomic E-state index is 0.700. The molecule has 3 heteroatoms. The van der Waals surface area contributed by atoms with Crippen LogP contribution in [-0.4, -0.2) is 15.0 Å². The van der Waals surface area contributed by atoms with Crippen molar-refractivity contribution >= 4 is 5.57 Å². The average Bonchev–Trinajstić information content (AvgIpc) is 2.62. The maximum atomic E-state index is 4.64. The zero-order chi connectivity index (χ0) is 15.4. The van der Waals surface area contributed by atoms with Crippen LogP contribution in [0.1, 0.15) is 19.7 Å². The maximum absolute atomic E-state index is 4.64. The Morgan fingerprint density at radius 3 is 1.59 bits per heavy atom. The van der Waals surface area contributed by atoms with Crippen LogP contribution >= 0.6 is 0 Å². The highest BCUT2D eigenvalue weighted by Gasteiger charge is 2.10. The molecule has 0 unspecified atom stereocenters. The maximum Gasteiger partial charge on any atom is 0.164 e. The molecule has 0 bridgehead atoms. The van der Waals surface area contributed by atoms with Gasteiger partial charge in [0.05, 0.1) is 0 Å². The minimum Gasteiger partial charge on any atom is -0.209 e. The molecule has 0 fully saturated rings. The predicted octanol–water partition coefficient (Wildman–Crippen LogP) is 4.63. The van der Waals surface area contributed by atoms with Gasteiger partial charge in [-0.1, -0.05) is 66.7 Å². The van der Waals surface area contributed by atoms with Gasteiger partial charge < -0.3 is 0 Å². The first kappa shape index (κ1) is 14.1. The number of aromatic nitrogens is 3. The summed E-state index contributed by atoms with van der Waals surface area (Å²) in [6, 6.07) is 20.0. The van der Waals surface area contributed by atoms with Gasteiger partial charge in [0.2, 0.25) is 0 Å². The molecule has 0 aliphatic carbocycles. The van der Waals surface area contributed by atoms with E-state index in [1.54, 1.807) is 0 Å². The number of rotatable bonds is 3. The van der Waals surface area contributed by atoms with Crippen LogP contribution in [0.25, 0.3) is 28.3 Å². The van der Waals surface area contributed by atoms with E-state index in [2.05, 4.69) is 15.0 Å². The summed E-state index contributed by atoms with van der Waals surface area (Å²) in [5.74, 6) is 2.12. The second-order valence-corrected chi connectivity index (χ2v) is 5.01. The van der Waals surface area contributed by atoms with E-state index in [1.807, 2.05) is 80.6 Å². The smallest absolute Gasteiger partial charge is 0.164 e. The molecular formula is C19H17N3. The monoisotopic (exact) mass is 287 g/mol. The highest BCUT2D eigenvalue weighted by atomic mass is 15.0. The van der Waals surface area contributed by atoms with Gasteiger partial charge in [0, 0.05) is 11.1 Å². The van der Waals surface area contributed by atoms with E-state index in [-0.39, 0.29) is 0 Å². The first-order valence-corrected chi connectivity index (χ1v) is 7.28. The SMILES string of the molecule is C/C=C(\C)c1nc(-c2ccccc2)nc(-c2ccccc2)n1. The third kappa shape index (κ3) is 2.93. The van der Waals surface area contributed by atoms with E-state index in [4.69, 9.17) is 0 Å². The Labute approximate surface area is 130 Å². The van der Waals surface area contributed by atoms with Gasteiger partial charge in [-0.15, -0.1) is 0 Å². The summed E-state index contributed by atoms with van der Waals surface area (Å²) < 4.78 is 0. The van der Waals surface area contributed by atoms with Crippen molar-refractivity contribution in [3.8, 4) is 22.8 Å². The normalized spacial score (nSPS) is 11.5. The minimum atomic E-state index is 0.700. The van der Waals surface area contributed by atoms with E-state index >= 15 is 0 Å². The van der Waals surface area contributed by atoms with Gasteiger partial charge in [-0.05, 0) is 19.4 Å². The van der Waals surface area contributed by atoms with Crippen LogP contribution in [0, 0.1) is 0 Å². The van der Waals surface area contributed by atoms with Crippen molar-refractivity contribution in [2.45, 2.75) is 13.8 Å². The van der Waals surface area contributed by atoms with E-state index in [0.29, 0.717) is 11.6 Å². The molecule has 0 N–H and O–H groups in total. The van der Waals surface area contributed by atoms with Crippen LogP contribution in [0.5, 0.6) is 0 Å². The van der Waals surface area contributed by atoms with Crippen LogP contribution in [0.2, 0.25) is 0 Å². The van der Waals surface area contributed by atoms with Crippen molar-refractivity contribution in [3.05, 3.63) is 72.6 Å². The van der Waals surface area contributed by atoms with Crippen LogP contribution in [0.3, 0.4) is 0 Å². The van der Waals surface area contributed by atoms with Gasteiger partial charge in [0.25, 0.3) is 0 Å². The summed E-state index contributed by atoms with van der Waals surface area (Å²) in [4.78, 5) is 13.9. The molecule has 0 radical (unpaired) electrons. The fraction of sp³-hybridized carbons (Fsp3) is 0.105. The predicted molar refractivity (Wildman–Crippen MR) is 90.0 cm³/mol. The molecule has 0 spiro atoms. The topological polar surface area (TPSA) is 38.7 Å². The summed E-state index contributed by atoms with van der Waals surface area (Å²) in [6.45, 7) is 4.00. The summed E-state index contributed by atoms with van der Waals surface area (Å²) in [7, 11) is 0. The second kappa shape index (κ2) is 6.31. The van der Waals surface area contributed by atoms with Gasteiger partial charge in [0.15, 0.2) is 17.5 Å². The Hall–Kier alpha value is -2.81. The first-order valence-electron chi connectivity index (χ1n) is 7.28. The quantitative estimate of drug-likeness (QED) is 0.705. The Bertz CT molecular complexity index is 736. The molecule has 108 valence electrons. The van der Waals surface area contributed by atoms with Crippen molar-refractivity contribution in [2.24, 2.45) is 0 Å². The van der Waals surface area contributed by atoms with Gasteiger partial charge in [-0.2, -0.15) is 0 Å². The number of allylic oxidation sites excluding steroid dienone is 2. The Kier molecular flexibility index (Phi) is 4.05. The summed E-state index contributed by atoms with van der Waals surface area (Å²) in [6.07, 6.45) is 2.01. The third-order valence-electron chi connectivity index (χ3n) is 3.49. The largest absolute Gasteiger partial charge is 0.209 e. The molecule has 0 saturated carbocycles. The highest BCUT2D eigenvalue weighted by molar-refractivity contribution is 5.65. The molecule has 1 heterocycles. The van der Waals surface area contributed by atoms with E-state index in [9.17, 15) is 0 Å². The first-order chi connectivity index (χ1) is 10.8. The summed E-state index contributed by atoms with van der Waals surface area (Å²) in [5.41, 5.74) is 3.02. The molecule has 0 saturated heterocycles. The number of hydrogen-bond donors (Lipinski definition) is 0. The molecule has 3 rings (SSSR count). The second-order valence-electron chi connectivity index (χ2n) is 5.01. The van der Waals surface area contributed by atoms with Crippen molar-refractivity contribution in [3.63, 3.8) is 0 Å². The molecule has 0 atom stereocenters. The lowest BCUT2D eigenvalue weighted by Crippen LogP contribution is -2.01. The van der Waals surface area contributed by atoms with Crippen molar-refractivity contribution in [1.29, 1.82) is 0 Å². The highest BCUT2D eigenvalue weighted by Crippen LogP contribution is 2.22. The standard InChI is InChI=1S/C19H17N3/c1-3-14(2)17-20-18(15-10-6-4-7-11-15)22-19(21-17)16-12-8-5-9-13-16/h3-13H,1-2H3/b14-3+.